The number of fused-ring (bicyclic) bond motifs is 1. The smallest absolute Gasteiger partial charge is 0.254 e. The number of amides is 1. The monoisotopic (exact) mass is 343 g/mol. The number of aromatic nitrogens is 1. The molecule has 1 aromatic carbocycles. The van der Waals surface area contributed by atoms with Crippen LogP contribution in [0.1, 0.15) is 36.0 Å². The van der Waals surface area contributed by atoms with Crippen LogP contribution in [0.25, 0.3) is 10.8 Å². The molecule has 126 valence electrons. The molecule has 4 rings (SSSR count). The molecule has 1 aromatic heterocycles. The number of pyridine rings is 1. The molecule has 2 aromatic rings. The topological polar surface area (TPSA) is 74.1 Å². The van der Waals surface area contributed by atoms with E-state index in [9.17, 15) is 9.00 Å². The van der Waals surface area contributed by atoms with Crippen LogP contribution in [0.15, 0.2) is 36.7 Å². The number of rotatable bonds is 1. The average molecular weight is 343 g/mol. The summed E-state index contributed by atoms with van der Waals surface area (Å²) in [7, 11) is -2.57. The number of carbonyl (C=O) groups is 1. The van der Waals surface area contributed by atoms with Crippen molar-refractivity contribution in [2.24, 2.45) is 0 Å². The first-order chi connectivity index (χ1) is 11.5. The van der Waals surface area contributed by atoms with Crippen LogP contribution < -0.4 is 0 Å². The van der Waals surface area contributed by atoms with Gasteiger partial charge in [-0.1, -0.05) is 12.1 Å². The van der Waals surface area contributed by atoms with Crippen LogP contribution in [0, 0.1) is 4.78 Å². The summed E-state index contributed by atoms with van der Waals surface area (Å²) in [6.07, 6.45) is 6.89. The molecule has 5 nitrogen and oxygen atoms in total. The molecule has 3 heterocycles. The van der Waals surface area contributed by atoms with Gasteiger partial charge in [0.15, 0.2) is 0 Å². The maximum atomic E-state index is 13.3. The molecule has 2 aliphatic heterocycles. The van der Waals surface area contributed by atoms with E-state index in [1.54, 1.807) is 12.4 Å². The Bertz CT molecular complexity index is 904. The van der Waals surface area contributed by atoms with Crippen molar-refractivity contribution >= 4 is 26.4 Å². The van der Waals surface area contributed by atoms with Gasteiger partial charge in [0.1, 0.15) is 0 Å². The highest BCUT2D eigenvalue weighted by molar-refractivity contribution is 7.92. The molecular formula is C18H21N3O2S. The molecule has 0 radical (unpaired) electrons. The van der Waals surface area contributed by atoms with Crippen LogP contribution in [0.4, 0.5) is 0 Å². The van der Waals surface area contributed by atoms with Gasteiger partial charge < -0.3 is 4.90 Å². The van der Waals surface area contributed by atoms with Crippen LogP contribution in [-0.4, -0.2) is 43.6 Å². The zero-order valence-electron chi connectivity index (χ0n) is 13.5. The van der Waals surface area contributed by atoms with Crippen molar-refractivity contribution in [1.82, 2.24) is 9.88 Å². The van der Waals surface area contributed by atoms with E-state index in [0.717, 1.165) is 36.5 Å². The average Bonchev–Trinajstić information content (AvgIpc) is 2.95. The van der Waals surface area contributed by atoms with Gasteiger partial charge in [-0.25, -0.2) is 4.21 Å². The van der Waals surface area contributed by atoms with Gasteiger partial charge in [-0.15, -0.1) is 0 Å². The quantitative estimate of drug-likeness (QED) is 0.865. The molecular weight excluding hydrogens is 322 g/mol. The lowest BCUT2D eigenvalue weighted by atomic mass is 9.91. The number of carbonyl (C=O) groups excluding carboxylic acids is 1. The molecule has 2 aliphatic rings. The zero-order chi connectivity index (χ0) is 16.8. The van der Waals surface area contributed by atoms with Gasteiger partial charge in [0.25, 0.3) is 5.91 Å². The number of likely N-dealkylation sites (tertiary alicyclic amines) is 1. The summed E-state index contributed by atoms with van der Waals surface area (Å²) in [5, 5.41) is 1.85. The number of nitrogens with one attached hydrogen (secondary N) is 1. The van der Waals surface area contributed by atoms with Gasteiger partial charge in [-0.05, 0) is 43.2 Å². The molecule has 2 fully saturated rings. The Morgan fingerprint density at radius 3 is 2.92 bits per heavy atom. The maximum absolute atomic E-state index is 13.3. The first kappa shape index (κ1) is 15.6. The summed E-state index contributed by atoms with van der Waals surface area (Å²) in [4.78, 5) is 19.3. The van der Waals surface area contributed by atoms with E-state index in [1.165, 1.54) is 0 Å². The third kappa shape index (κ3) is 2.49. The Labute approximate surface area is 142 Å². The van der Waals surface area contributed by atoms with Gasteiger partial charge in [0, 0.05) is 45.4 Å². The molecule has 24 heavy (non-hydrogen) atoms. The third-order valence-corrected chi connectivity index (χ3v) is 7.32. The fraction of sp³-hybridized carbons (Fsp3) is 0.444. The Morgan fingerprint density at radius 1 is 1.25 bits per heavy atom. The lowest BCUT2D eigenvalue weighted by Crippen LogP contribution is -2.54. The third-order valence-electron chi connectivity index (χ3n) is 5.37. The van der Waals surface area contributed by atoms with Crippen molar-refractivity contribution < 1.29 is 9.00 Å². The fourth-order valence-corrected chi connectivity index (χ4v) is 6.40. The zero-order valence-corrected chi connectivity index (χ0v) is 14.3. The molecule has 2 atom stereocenters. The highest BCUT2D eigenvalue weighted by atomic mass is 32.2. The van der Waals surface area contributed by atoms with Crippen molar-refractivity contribution in [3.63, 3.8) is 0 Å². The second-order valence-corrected chi connectivity index (χ2v) is 9.27. The lowest BCUT2D eigenvalue weighted by molar-refractivity contribution is 0.0611. The molecule has 0 saturated carbocycles. The van der Waals surface area contributed by atoms with Crippen LogP contribution in [0.3, 0.4) is 0 Å². The molecule has 1 spiro atoms. The summed E-state index contributed by atoms with van der Waals surface area (Å²) in [5.74, 6) is 0.802. The molecule has 1 N–H and O–H groups in total. The molecule has 0 aliphatic carbocycles. The summed E-state index contributed by atoms with van der Waals surface area (Å²) in [6, 6.07) is 7.57. The second-order valence-electron chi connectivity index (χ2n) is 6.95. The minimum absolute atomic E-state index is 0.00130. The van der Waals surface area contributed by atoms with E-state index in [4.69, 9.17) is 4.78 Å². The van der Waals surface area contributed by atoms with Gasteiger partial charge in [-0.3, -0.25) is 14.6 Å². The van der Waals surface area contributed by atoms with Crippen LogP contribution in [0.5, 0.6) is 0 Å². The Morgan fingerprint density at radius 2 is 2.08 bits per heavy atom. The second kappa shape index (κ2) is 5.55. The number of hydrogen-bond acceptors (Lipinski definition) is 4. The van der Waals surface area contributed by atoms with E-state index < -0.39 is 9.73 Å². The predicted molar refractivity (Wildman–Crippen MR) is 94.6 cm³/mol. The molecule has 2 saturated heterocycles. The van der Waals surface area contributed by atoms with Gasteiger partial charge >= 0.3 is 0 Å². The van der Waals surface area contributed by atoms with Gasteiger partial charge in [-0.2, -0.15) is 0 Å². The van der Waals surface area contributed by atoms with Crippen LogP contribution >= 0.6 is 0 Å². The Kier molecular flexibility index (Phi) is 3.60. The lowest BCUT2D eigenvalue weighted by Gasteiger charge is -2.42. The van der Waals surface area contributed by atoms with Crippen LogP contribution in [0.2, 0.25) is 0 Å². The SMILES string of the molecule is N=S1(=O)CCCC2(CCCN2C(=O)c2cccc3cnccc23)C1. The Hall–Kier alpha value is -1.95. The Balaban J connectivity index is 1.76. The summed E-state index contributed by atoms with van der Waals surface area (Å²) in [6.45, 7) is 0.690. The molecule has 0 bridgehead atoms. The van der Waals surface area contributed by atoms with Crippen molar-refractivity contribution in [2.45, 2.75) is 31.2 Å². The van der Waals surface area contributed by atoms with E-state index in [1.807, 2.05) is 29.2 Å². The highest BCUT2D eigenvalue weighted by Gasteiger charge is 2.47. The maximum Gasteiger partial charge on any atom is 0.254 e. The molecule has 2 unspecified atom stereocenters. The summed E-state index contributed by atoms with van der Waals surface area (Å²) >= 11 is 0. The van der Waals surface area contributed by atoms with Crippen molar-refractivity contribution in [1.29, 1.82) is 4.78 Å². The standard InChI is InChI=1S/C18H21N3O2S/c19-24(23)11-3-8-18(13-24)7-2-10-21(18)17(22)16-5-1-4-14-12-20-9-6-15(14)16/h1,4-6,9,12,19H,2-3,7-8,10-11,13H2. The van der Waals surface area contributed by atoms with Crippen molar-refractivity contribution in [2.75, 3.05) is 18.1 Å². The van der Waals surface area contributed by atoms with E-state index in [0.29, 0.717) is 23.6 Å². The van der Waals surface area contributed by atoms with Gasteiger partial charge in [0.2, 0.25) is 0 Å². The first-order valence-electron chi connectivity index (χ1n) is 8.40. The summed E-state index contributed by atoms with van der Waals surface area (Å²) < 4.78 is 20.5. The normalized spacial score (nSPS) is 30.1. The molecule has 6 heteroatoms. The number of benzene rings is 1. The first-order valence-corrected chi connectivity index (χ1v) is 10.3. The fourth-order valence-electron chi connectivity index (χ4n) is 4.33. The predicted octanol–water partition coefficient (Wildman–Crippen LogP) is 3.05. The minimum Gasteiger partial charge on any atom is -0.332 e. The van der Waals surface area contributed by atoms with E-state index in [2.05, 4.69) is 4.98 Å². The van der Waals surface area contributed by atoms with E-state index in [-0.39, 0.29) is 11.4 Å². The van der Waals surface area contributed by atoms with Crippen LogP contribution in [-0.2, 0) is 9.73 Å². The van der Waals surface area contributed by atoms with E-state index >= 15 is 0 Å². The minimum atomic E-state index is -2.57. The number of hydrogen-bond donors (Lipinski definition) is 1. The summed E-state index contributed by atoms with van der Waals surface area (Å²) in [5.41, 5.74) is 0.293. The van der Waals surface area contributed by atoms with Crippen molar-refractivity contribution in [3.05, 3.63) is 42.2 Å². The molecule has 1 amide bonds. The number of nitrogens with zero attached hydrogens (tertiary/aromatic N) is 2. The van der Waals surface area contributed by atoms with Crippen molar-refractivity contribution in [3.8, 4) is 0 Å². The largest absolute Gasteiger partial charge is 0.332 e. The van der Waals surface area contributed by atoms with Gasteiger partial charge in [0.05, 0.1) is 11.3 Å². The highest BCUT2D eigenvalue weighted by Crippen LogP contribution is 2.39.